The van der Waals surface area contributed by atoms with Gasteiger partial charge in [0, 0.05) is 42.8 Å². The van der Waals surface area contributed by atoms with Crippen molar-refractivity contribution in [3.63, 3.8) is 0 Å². The number of thioether (sulfide) groups is 1. The van der Waals surface area contributed by atoms with Gasteiger partial charge < -0.3 is 10.3 Å². The molecule has 2 aromatic carbocycles. The summed E-state index contributed by atoms with van der Waals surface area (Å²) in [7, 11) is 1.64. The SMILES string of the molecule is CN=C1SC(CC(=O)Nc2ccccc2)C(=O)N1CCc1c[nH]c2ccc(F)cc12. The molecule has 2 amide bonds. The first-order valence-electron chi connectivity index (χ1n) is 9.60. The van der Waals surface area contributed by atoms with Gasteiger partial charge in [0.15, 0.2) is 5.17 Å². The fraction of sp³-hybridized carbons (Fsp3) is 0.227. The number of nitrogens with zero attached hydrogens (tertiary/aromatic N) is 2. The number of fused-ring (bicyclic) bond motifs is 1. The van der Waals surface area contributed by atoms with Crippen LogP contribution >= 0.6 is 11.8 Å². The molecule has 0 saturated carbocycles. The van der Waals surface area contributed by atoms with Gasteiger partial charge in [-0.25, -0.2) is 4.39 Å². The molecule has 0 aliphatic carbocycles. The summed E-state index contributed by atoms with van der Waals surface area (Å²) in [5.41, 5.74) is 2.49. The summed E-state index contributed by atoms with van der Waals surface area (Å²) in [5.74, 6) is -0.636. The molecule has 154 valence electrons. The number of para-hydroxylation sites is 1. The molecule has 0 radical (unpaired) electrons. The Morgan fingerprint density at radius 3 is 2.83 bits per heavy atom. The van der Waals surface area contributed by atoms with Gasteiger partial charge in [0.25, 0.3) is 0 Å². The van der Waals surface area contributed by atoms with Crippen LogP contribution in [0.15, 0.2) is 59.7 Å². The molecule has 30 heavy (non-hydrogen) atoms. The monoisotopic (exact) mass is 424 g/mol. The molecule has 0 spiro atoms. The van der Waals surface area contributed by atoms with Crippen molar-refractivity contribution in [3.8, 4) is 0 Å². The number of aromatic amines is 1. The maximum absolute atomic E-state index is 13.6. The number of amidine groups is 1. The molecule has 1 saturated heterocycles. The number of aliphatic imine (C=N–C) groups is 1. The molecular weight excluding hydrogens is 403 g/mol. The van der Waals surface area contributed by atoms with Crippen LogP contribution in [0.2, 0.25) is 0 Å². The minimum atomic E-state index is -0.507. The summed E-state index contributed by atoms with van der Waals surface area (Å²) in [6.45, 7) is 0.415. The van der Waals surface area contributed by atoms with E-state index in [1.54, 1.807) is 30.1 Å². The lowest BCUT2D eigenvalue weighted by Gasteiger charge is -2.16. The maximum atomic E-state index is 13.6. The number of nitrogens with one attached hydrogen (secondary N) is 2. The molecule has 1 unspecified atom stereocenters. The number of carbonyl (C=O) groups excluding carboxylic acids is 2. The third-order valence-electron chi connectivity index (χ3n) is 4.97. The molecule has 0 bridgehead atoms. The van der Waals surface area contributed by atoms with Gasteiger partial charge in [-0.3, -0.25) is 19.5 Å². The van der Waals surface area contributed by atoms with Crippen LogP contribution in [-0.2, 0) is 16.0 Å². The Hall–Kier alpha value is -3.13. The number of aromatic nitrogens is 1. The van der Waals surface area contributed by atoms with Gasteiger partial charge in [-0.05, 0) is 42.3 Å². The third-order valence-corrected chi connectivity index (χ3v) is 6.24. The van der Waals surface area contributed by atoms with Gasteiger partial charge in [0.2, 0.25) is 11.8 Å². The van der Waals surface area contributed by atoms with E-state index >= 15 is 0 Å². The van der Waals surface area contributed by atoms with Crippen molar-refractivity contribution in [2.45, 2.75) is 18.1 Å². The van der Waals surface area contributed by atoms with Crippen LogP contribution in [0.3, 0.4) is 0 Å². The summed E-state index contributed by atoms with van der Waals surface area (Å²) in [5, 5.41) is 3.72. The maximum Gasteiger partial charge on any atom is 0.242 e. The molecule has 8 heteroatoms. The van der Waals surface area contributed by atoms with E-state index in [1.165, 1.54) is 23.9 Å². The zero-order valence-corrected chi connectivity index (χ0v) is 17.2. The minimum absolute atomic E-state index is 0.0756. The van der Waals surface area contributed by atoms with Crippen LogP contribution < -0.4 is 5.32 Å². The predicted molar refractivity (Wildman–Crippen MR) is 118 cm³/mol. The number of halogens is 1. The summed E-state index contributed by atoms with van der Waals surface area (Å²) in [6.07, 6.45) is 2.47. The molecule has 2 N–H and O–H groups in total. The van der Waals surface area contributed by atoms with Gasteiger partial charge >= 0.3 is 0 Å². The number of hydrogen-bond donors (Lipinski definition) is 2. The molecule has 1 fully saturated rings. The average Bonchev–Trinajstić information content (AvgIpc) is 3.27. The molecule has 6 nitrogen and oxygen atoms in total. The number of carbonyl (C=O) groups is 2. The van der Waals surface area contributed by atoms with E-state index in [-0.39, 0.29) is 24.1 Å². The van der Waals surface area contributed by atoms with E-state index in [0.29, 0.717) is 23.8 Å². The Bertz CT molecular complexity index is 1110. The quantitative estimate of drug-likeness (QED) is 0.632. The molecule has 1 aliphatic heterocycles. The van der Waals surface area contributed by atoms with E-state index in [2.05, 4.69) is 15.3 Å². The van der Waals surface area contributed by atoms with Crippen molar-refractivity contribution in [2.24, 2.45) is 4.99 Å². The van der Waals surface area contributed by atoms with Crippen LogP contribution in [0.5, 0.6) is 0 Å². The molecule has 1 aromatic heterocycles. The highest BCUT2D eigenvalue weighted by Crippen LogP contribution is 2.30. The van der Waals surface area contributed by atoms with Gasteiger partial charge in [-0.2, -0.15) is 0 Å². The smallest absolute Gasteiger partial charge is 0.242 e. The first kappa shape index (κ1) is 20.2. The number of rotatable bonds is 6. The van der Waals surface area contributed by atoms with Crippen LogP contribution in [0.25, 0.3) is 10.9 Å². The second kappa shape index (κ2) is 8.71. The largest absolute Gasteiger partial charge is 0.361 e. The lowest BCUT2D eigenvalue weighted by Crippen LogP contribution is -2.35. The Balaban J connectivity index is 1.41. The molecule has 1 atom stereocenters. The summed E-state index contributed by atoms with van der Waals surface area (Å²) >= 11 is 1.31. The third kappa shape index (κ3) is 4.23. The number of benzene rings is 2. The molecular formula is C22H21FN4O2S. The lowest BCUT2D eigenvalue weighted by atomic mass is 10.1. The fourth-order valence-corrected chi connectivity index (χ4v) is 4.64. The van der Waals surface area contributed by atoms with Crippen LogP contribution in [0.4, 0.5) is 10.1 Å². The molecule has 1 aliphatic rings. The van der Waals surface area contributed by atoms with Gasteiger partial charge in [-0.1, -0.05) is 30.0 Å². The second-order valence-electron chi connectivity index (χ2n) is 6.97. The summed E-state index contributed by atoms with van der Waals surface area (Å²) in [6, 6.07) is 13.8. The number of amides is 2. The zero-order chi connectivity index (χ0) is 21.1. The van der Waals surface area contributed by atoms with Crippen LogP contribution in [0, 0.1) is 5.82 Å². The van der Waals surface area contributed by atoms with Crippen molar-refractivity contribution in [3.05, 3.63) is 66.1 Å². The Morgan fingerprint density at radius 1 is 1.27 bits per heavy atom. The lowest BCUT2D eigenvalue weighted by molar-refractivity contribution is -0.128. The van der Waals surface area contributed by atoms with Crippen molar-refractivity contribution in [1.29, 1.82) is 0 Å². The van der Waals surface area contributed by atoms with E-state index in [0.717, 1.165) is 16.5 Å². The Kier molecular flexibility index (Phi) is 5.85. The zero-order valence-electron chi connectivity index (χ0n) is 16.4. The minimum Gasteiger partial charge on any atom is -0.361 e. The molecule has 2 heterocycles. The first-order chi connectivity index (χ1) is 14.5. The van der Waals surface area contributed by atoms with E-state index in [1.807, 2.05) is 24.4 Å². The van der Waals surface area contributed by atoms with Crippen molar-refractivity contribution < 1.29 is 14.0 Å². The second-order valence-corrected chi connectivity index (χ2v) is 8.14. The normalized spacial score (nSPS) is 17.8. The first-order valence-corrected chi connectivity index (χ1v) is 10.5. The van der Waals surface area contributed by atoms with Gasteiger partial charge in [0.05, 0.1) is 0 Å². The highest BCUT2D eigenvalue weighted by Gasteiger charge is 2.38. The number of hydrogen-bond acceptors (Lipinski definition) is 4. The number of anilines is 1. The van der Waals surface area contributed by atoms with Crippen LogP contribution in [0.1, 0.15) is 12.0 Å². The van der Waals surface area contributed by atoms with Crippen LogP contribution in [-0.4, -0.2) is 45.7 Å². The fourth-order valence-electron chi connectivity index (χ4n) is 3.51. The van der Waals surface area contributed by atoms with Gasteiger partial charge in [-0.15, -0.1) is 0 Å². The van der Waals surface area contributed by atoms with Crippen molar-refractivity contribution in [1.82, 2.24) is 9.88 Å². The highest BCUT2D eigenvalue weighted by molar-refractivity contribution is 8.15. The predicted octanol–water partition coefficient (Wildman–Crippen LogP) is 3.81. The van der Waals surface area contributed by atoms with E-state index < -0.39 is 5.25 Å². The topological polar surface area (TPSA) is 77.6 Å². The number of H-pyrrole nitrogens is 1. The molecule has 4 rings (SSSR count). The summed E-state index contributed by atoms with van der Waals surface area (Å²) < 4.78 is 13.6. The average molecular weight is 425 g/mol. The van der Waals surface area contributed by atoms with E-state index in [9.17, 15) is 14.0 Å². The van der Waals surface area contributed by atoms with Crippen molar-refractivity contribution in [2.75, 3.05) is 18.9 Å². The van der Waals surface area contributed by atoms with E-state index in [4.69, 9.17) is 0 Å². The highest BCUT2D eigenvalue weighted by atomic mass is 32.2. The summed E-state index contributed by atoms with van der Waals surface area (Å²) in [4.78, 5) is 34.2. The standard InChI is InChI=1S/C22H21FN4O2S/c1-24-22-27(10-9-14-13-25-18-8-7-15(23)11-17(14)18)21(29)19(30-22)12-20(28)26-16-5-3-2-4-6-16/h2-8,11,13,19,25H,9-10,12H2,1H3,(H,26,28). The molecule has 3 aromatic rings. The van der Waals surface area contributed by atoms with Crippen molar-refractivity contribution >= 4 is 45.3 Å². The Labute approximate surface area is 177 Å². The van der Waals surface area contributed by atoms with Gasteiger partial charge in [0.1, 0.15) is 11.1 Å². The Morgan fingerprint density at radius 2 is 2.07 bits per heavy atom.